The van der Waals surface area contributed by atoms with E-state index in [-0.39, 0.29) is 18.6 Å². The molecule has 0 aliphatic carbocycles. The van der Waals surface area contributed by atoms with Gasteiger partial charge in [-0.3, -0.25) is 4.79 Å². The van der Waals surface area contributed by atoms with Crippen molar-refractivity contribution < 1.29 is 18.8 Å². The van der Waals surface area contributed by atoms with Gasteiger partial charge in [0.05, 0.1) is 5.92 Å². The number of amides is 1. The van der Waals surface area contributed by atoms with Gasteiger partial charge in [0.2, 0.25) is 18.5 Å². The summed E-state index contributed by atoms with van der Waals surface area (Å²) in [6, 6.07) is 13.3. The van der Waals surface area contributed by atoms with Crippen molar-refractivity contribution in [3.05, 3.63) is 59.5 Å². The number of aromatic nitrogens is 2. The molecule has 0 bridgehead atoms. The van der Waals surface area contributed by atoms with E-state index in [2.05, 4.69) is 10.1 Å². The molecule has 0 saturated carbocycles. The first kappa shape index (κ1) is 17.7. The molecule has 2 aromatic carbocycles. The SMILES string of the molecule is Cc1cccc(-c2noc(C3CCCN(C(=O)c4ccc5c(c4)OCO5)C3)n2)c1. The summed E-state index contributed by atoms with van der Waals surface area (Å²) in [5.41, 5.74) is 2.68. The van der Waals surface area contributed by atoms with Crippen LogP contribution in [0.5, 0.6) is 11.5 Å². The number of aryl methyl sites for hydroxylation is 1. The van der Waals surface area contributed by atoms with E-state index in [0.717, 1.165) is 24.0 Å². The topological polar surface area (TPSA) is 77.7 Å². The van der Waals surface area contributed by atoms with Crippen molar-refractivity contribution in [3.8, 4) is 22.9 Å². The minimum atomic E-state index is -0.0218. The van der Waals surface area contributed by atoms with E-state index in [1.807, 2.05) is 36.1 Å². The van der Waals surface area contributed by atoms with Crippen LogP contribution in [0.15, 0.2) is 47.0 Å². The molecular formula is C22H21N3O4. The number of hydrogen-bond acceptors (Lipinski definition) is 6. The van der Waals surface area contributed by atoms with Crippen LogP contribution in [-0.4, -0.2) is 40.8 Å². The number of piperidine rings is 1. The van der Waals surface area contributed by atoms with E-state index in [1.165, 1.54) is 0 Å². The number of fused-ring (bicyclic) bond motifs is 1. The molecule has 1 aromatic heterocycles. The lowest BCUT2D eigenvalue weighted by molar-refractivity contribution is 0.0695. The Kier molecular flexibility index (Phi) is 4.42. The Labute approximate surface area is 168 Å². The Hall–Kier alpha value is -3.35. The molecule has 1 fully saturated rings. The third kappa shape index (κ3) is 3.44. The number of carbonyl (C=O) groups excluding carboxylic acids is 1. The Balaban J connectivity index is 1.32. The number of ether oxygens (including phenoxy) is 2. The highest BCUT2D eigenvalue weighted by molar-refractivity contribution is 5.95. The summed E-state index contributed by atoms with van der Waals surface area (Å²) >= 11 is 0. The lowest BCUT2D eigenvalue weighted by Gasteiger charge is -2.31. The van der Waals surface area contributed by atoms with Crippen LogP contribution >= 0.6 is 0 Å². The molecule has 1 unspecified atom stereocenters. The smallest absolute Gasteiger partial charge is 0.254 e. The molecule has 0 N–H and O–H groups in total. The van der Waals surface area contributed by atoms with E-state index in [0.29, 0.717) is 41.9 Å². The van der Waals surface area contributed by atoms with Gasteiger partial charge in [-0.1, -0.05) is 28.9 Å². The van der Waals surface area contributed by atoms with Crippen molar-refractivity contribution in [3.63, 3.8) is 0 Å². The number of benzene rings is 2. The van der Waals surface area contributed by atoms with Crippen LogP contribution < -0.4 is 9.47 Å². The normalized spacial score (nSPS) is 18.1. The highest BCUT2D eigenvalue weighted by Crippen LogP contribution is 2.34. The predicted octanol–water partition coefficient (Wildman–Crippen LogP) is 3.79. The summed E-state index contributed by atoms with van der Waals surface area (Å²) in [6.45, 7) is 3.50. The summed E-state index contributed by atoms with van der Waals surface area (Å²) in [7, 11) is 0. The second-order valence-corrected chi connectivity index (χ2v) is 7.48. The van der Waals surface area contributed by atoms with Crippen molar-refractivity contribution in [2.75, 3.05) is 19.9 Å². The molecule has 0 spiro atoms. The van der Waals surface area contributed by atoms with Crippen LogP contribution in [0, 0.1) is 6.92 Å². The first-order valence-electron chi connectivity index (χ1n) is 9.77. The fourth-order valence-electron chi connectivity index (χ4n) is 3.88. The molecule has 2 aliphatic heterocycles. The second-order valence-electron chi connectivity index (χ2n) is 7.48. The van der Waals surface area contributed by atoms with Crippen molar-refractivity contribution in [1.82, 2.24) is 15.0 Å². The van der Waals surface area contributed by atoms with Gasteiger partial charge in [-0.15, -0.1) is 0 Å². The standard InChI is InChI=1S/C22H21N3O4/c1-14-4-2-5-15(10-14)20-23-21(29-24-20)17-6-3-9-25(12-17)22(26)16-7-8-18-19(11-16)28-13-27-18/h2,4-5,7-8,10-11,17H,3,6,9,12-13H2,1H3. The molecule has 1 saturated heterocycles. The highest BCUT2D eigenvalue weighted by atomic mass is 16.7. The van der Waals surface area contributed by atoms with Gasteiger partial charge < -0.3 is 18.9 Å². The van der Waals surface area contributed by atoms with Gasteiger partial charge in [-0.05, 0) is 44.0 Å². The maximum Gasteiger partial charge on any atom is 0.254 e. The molecule has 3 heterocycles. The zero-order valence-corrected chi connectivity index (χ0v) is 16.1. The van der Waals surface area contributed by atoms with Crippen molar-refractivity contribution >= 4 is 5.91 Å². The molecule has 148 valence electrons. The Morgan fingerprint density at radius 3 is 2.93 bits per heavy atom. The molecule has 1 atom stereocenters. The molecule has 5 rings (SSSR count). The molecule has 3 aromatic rings. The van der Waals surface area contributed by atoms with E-state index in [9.17, 15) is 4.79 Å². The summed E-state index contributed by atoms with van der Waals surface area (Å²) < 4.78 is 16.3. The van der Waals surface area contributed by atoms with Crippen LogP contribution in [0.4, 0.5) is 0 Å². The predicted molar refractivity (Wildman–Crippen MR) is 105 cm³/mol. The van der Waals surface area contributed by atoms with E-state index < -0.39 is 0 Å². The maximum atomic E-state index is 13.0. The van der Waals surface area contributed by atoms with Crippen molar-refractivity contribution in [2.24, 2.45) is 0 Å². The van der Waals surface area contributed by atoms with Crippen LogP contribution in [0.25, 0.3) is 11.4 Å². The van der Waals surface area contributed by atoms with Crippen LogP contribution in [0.1, 0.15) is 40.6 Å². The summed E-state index contributed by atoms with van der Waals surface area (Å²) in [4.78, 5) is 19.5. The fraction of sp³-hybridized carbons (Fsp3) is 0.318. The van der Waals surface area contributed by atoms with Crippen molar-refractivity contribution in [1.29, 1.82) is 0 Å². The monoisotopic (exact) mass is 391 g/mol. The molecule has 7 heteroatoms. The minimum Gasteiger partial charge on any atom is -0.454 e. The van der Waals surface area contributed by atoms with Gasteiger partial charge in [0.1, 0.15) is 0 Å². The van der Waals surface area contributed by atoms with E-state index in [4.69, 9.17) is 14.0 Å². The Bertz CT molecular complexity index is 1060. The summed E-state index contributed by atoms with van der Waals surface area (Å²) in [6.07, 6.45) is 1.81. The minimum absolute atomic E-state index is 0.0218. The molecule has 2 aliphatic rings. The van der Waals surface area contributed by atoms with E-state index in [1.54, 1.807) is 18.2 Å². The summed E-state index contributed by atoms with van der Waals surface area (Å²) in [5, 5.41) is 4.15. The third-order valence-electron chi connectivity index (χ3n) is 5.40. The van der Waals surface area contributed by atoms with Gasteiger partial charge in [0.15, 0.2) is 11.5 Å². The van der Waals surface area contributed by atoms with Crippen LogP contribution in [0.2, 0.25) is 0 Å². The number of carbonyl (C=O) groups is 1. The Morgan fingerprint density at radius 1 is 1.14 bits per heavy atom. The summed E-state index contributed by atoms with van der Waals surface area (Å²) in [5.74, 6) is 2.48. The number of hydrogen-bond donors (Lipinski definition) is 0. The number of rotatable bonds is 3. The van der Waals surface area contributed by atoms with E-state index >= 15 is 0 Å². The highest BCUT2D eigenvalue weighted by Gasteiger charge is 2.30. The largest absolute Gasteiger partial charge is 0.454 e. The van der Waals surface area contributed by atoms with Crippen LogP contribution in [0.3, 0.4) is 0 Å². The first-order valence-corrected chi connectivity index (χ1v) is 9.77. The molecular weight excluding hydrogens is 370 g/mol. The van der Waals surface area contributed by atoms with Crippen LogP contribution in [-0.2, 0) is 0 Å². The molecule has 29 heavy (non-hydrogen) atoms. The fourth-order valence-corrected chi connectivity index (χ4v) is 3.88. The van der Waals surface area contributed by atoms with Gasteiger partial charge in [-0.25, -0.2) is 0 Å². The molecule has 1 amide bonds. The van der Waals surface area contributed by atoms with Gasteiger partial charge in [0.25, 0.3) is 5.91 Å². The zero-order chi connectivity index (χ0) is 19.8. The molecule has 0 radical (unpaired) electrons. The quantitative estimate of drug-likeness (QED) is 0.676. The zero-order valence-electron chi connectivity index (χ0n) is 16.1. The number of likely N-dealkylation sites (tertiary alicyclic amines) is 1. The lowest BCUT2D eigenvalue weighted by atomic mass is 9.97. The Morgan fingerprint density at radius 2 is 2.03 bits per heavy atom. The van der Waals surface area contributed by atoms with Gasteiger partial charge in [-0.2, -0.15) is 4.98 Å². The lowest BCUT2D eigenvalue weighted by Crippen LogP contribution is -2.39. The first-order chi connectivity index (χ1) is 14.2. The maximum absolute atomic E-state index is 13.0. The van der Waals surface area contributed by atoms with Crippen molar-refractivity contribution in [2.45, 2.75) is 25.7 Å². The number of nitrogens with zero attached hydrogens (tertiary/aromatic N) is 3. The molecule has 7 nitrogen and oxygen atoms in total. The third-order valence-corrected chi connectivity index (χ3v) is 5.40. The average molecular weight is 391 g/mol. The van der Waals surface area contributed by atoms with Gasteiger partial charge >= 0.3 is 0 Å². The van der Waals surface area contributed by atoms with Gasteiger partial charge in [0, 0.05) is 24.2 Å². The average Bonchev–Trinajstić information content (AvgIpc) is 3.42. The second kappa shape index (κ2) is 7.24.